The van der Waals surface area contributed by atoms with Crippen LogP contribution >= 0.6 is 11.3 Å². The minimum absolute atomic E-state index is 0.139. The van der Waals surface area contributed by atoms with Gasteiger partial charge < -0.3 is 18.8 Å². The van der Waals surface area contributed by atoms with E-state index in [0.29, 0.717) is 37.6 Å². The van der Waals surface area contributed by atoms with Gasteiger partial charge in [0, 0.05) is 30.3 Å². The van der Waals surface area contributed by atoms with Crippen LogP contribution in [0.4, 0.5) is 0 Å². The normalized spacial score (nSPS) is 12.2. The van der Waals surface area contributed by atoms with Gasteiger partial charge in [-0.05, 0) is 24.6 Å². The Hall–Kier alpha value is -3.32. The number of hydrogen-bond acceptors (Lipinski definition) is 6. The number of Topliss-reactive ketones (excluding diaryl/α,β-unsaturated/α-hetero) is 1. The molecule has 156 valence electrons. The minimum Gasteiger partial charge on any atom is -0.496 e. The number of carbonyl (C=O) groups is 1. The predicted octanol–water partition coefficient (Wildman–Crippen LogP) is 2.27. The second-order valence-corrected chi connectivity index (χ2v) is 7.65. The first-order valence-corrected chi connectivity index (χ1v) is 10.0. The van der Waals surface area contributed by atoms with Crippen molar-refractivity contribution in [2.75, 3.05) is 21.3 Å². The smallest absolute Gasteiger partial charge is 0.268 e. The number of aromatic nitrogens is 1. The van der Waals surface area contributed by atoms with Gasteiger partial charge in [0.2, 0.25) is 0 Å². The van der Waals surface area contributed by atoms with Crippen molar-refractivity contribution < 1.29 is 19.0 Å². The standard InChI is InChI=1S/C23H23NO5S/c1-14-8-6-7-9-16(14)17(25)12-22-24(2)23(26)21(30-22)11-15-10-19(28-4)20(29-5)13-18(15)27-3/h6-13H,1-5H3. The molecule has 0 aliphatic carbocycles. The van der Waals surface area contributed by atoms with E-state index in [1.165, 1.54) is 22.0 Å². The quantitative estimate of drug-likeness (QED) is 0.567. The number of methoxy groups -OCH3 is 3. The highest BCUT2D eigenvalue weighted by Crippen LogP contribution is 2.34. The Morgan fingerprint density at radius 2 is 1.63 bits per heavy atom. The number of benzene rings is 2. The van der Waals surface area contributed by atoms with Gasteiger partial charge in [0.15, 0.2) is 17.3 Å². The van der Waals surface area contributed by atoms with Crippen LogP contribution in [0.5, 0.6) is 17.2 Å². The van der Waals surface area contributed by atoms with Crippen molar-refractivity contribution in [3.8, 4) is 17.2 Å². The lowest BCUT2D eigenvalue weighted by Crippen LogP contribution is -2.29. The SMILES string of the molecule is COc1cc(OC)c(OC)cc1C=c1sc(=CC(=O)c2ccccc2C)n(C)c1=O. The average Bonchev–Trinajstić information content (AvgIpc) is 3.01. The van der Waals surface area contributed by atoms with E-state index in [9.17, 15) is 9.59 Å². The number of carbonyl (C=O) groups excluding carboxylic acids is 1. The fourth-order valence-electron chi connectivity index (χ4n) is 3.05. The predicted molar refractivity (Wildman–Crippen MR) is 118 cm³/mol. The lowest BCUT2D eigenvalue weighted by atomic mass is 10.1. The van der Waals surface area contributed by atoms with Gasteiger partial charge in [0.1, 0.15) is 10.4 Å². The molecule has 0 aliphatic heterocycles. The highest BCUT2D eigenvalue weighted by molar-refractivity contribution is 7.07. The Kier molecular flexibility index (Phi) is 6.42. The zero-order valence-corrected chi connectivity index (χ0v) is 18.3. The molecule has 3 aromatic rings. The van der Waals surface area contributed by atoms with Gasteiger partial charge in [-0.15, -0.1) is 11.3 Å². The molecule has 0 spiro atoms. The summed E-state index contributed by atoms with van der Waals surface area (Å²) in [5.74, 6) is 1.47. The third-order valence-electron chi connectivity index (χ3n) is 4.75. The topological polar surface area (TPSA) is 66.8 Å². The summed E-state index contributed by atoms with van der Waals surface area (Å²) in [6, 6.07) is 10.8. The second kappa shape index (κ2) is 9.00. The second-order valence-electron chi connectivity index (χ2n) is 6.59. The molecule has 2 aromatic carbocycles. The zero-order valence-electron chi connectivity index (χ0n) is 17.5. The van der Waals surface area contributed by atoms with Crippen molar-refractivity contribution in [3.05, 3.63) is 72.6 Å². The summed E-state index contributed by atoms with van der Waals surface area (Å²) >= 11 is 1.24. The van der Waals surface area contributed by atoms with Crippen LogP contribution in [-0.4, -0.2) is 31.7 Å². The lowest BCUT2D eigenvalue weighted by molar-refractivity contribution is 0.106. The molecule has 6 nitrogen and oxygen atoms in total. The Labute approximate surface area is 178 Å². The van der Waals surface area contributed by atoms with Crippen LogP contribution in [-0.2, 0) is 7.05 Å². The molecule has 0 saturated heterocycles. The van der Waals surface area contributed by atoms with Crippen LogP contribution in [0.2, 0.25) is 0 Å². The van der Waals surface area contributed by atoms with Gasteiger partial charge in [-0.1, -0.05) is 24.3 Å². The molecule has 0 aliphatic rings. The van der Waals surface area contributed by atoms with Crippen LogP contribution in [0.3, 0.4) is 0 Å². The van der Waals surface area contributed by atoms with Crippen LogP contribution in [0.15, 0.2) is 41.2 Å². The van der Waals surface area contributed by atoms with Crippen molar-refractivity contribution >= 4 is 29.3 Å². The highest BCUT2D eigenvalue weighted by Gasteiger charge is 2.12. The maximum absolute atomic E-state index is 12.8. The van der Waals surface area contributed by atoms with Crippen molar-refractivity contribution in [3.63, 3.8) is 0 Å². The van der Waals surface area contributed by atoms with E-state index >= 15 is 0 Å². The molecule has 3 rings (SSSR count). The van der Waals surface area contributed by atoms with Crippen molar-refractivity contribution in [2.24, 2.45) is 7.05 Å². The number of rotatable bonds is 6. The molecule has 0 N–H and O–H groups in total. The fourth-order valence-corrected chi connectivity index (χ4v) is 4.08. The number of thiazole rings is 1. The Bertz CT molecular complexity index is 1270. The maximum atomic E-state index is 12.8. The number of aryl methyl sites for hydroxylation is 1. The molecule has 0 atom stereocenters. The van der Waals surface area contributed by atoms with Crippen LogP contribution < -0.4 is 29.0 Å². The van der Waals surface area contributed by atoms with E-state index in [-0.39, 0.29) is 11.3 Å². The molecule has 30 heavy (non-hydrogen) atoms. The van der Waals surface area contributed by atoms with Gasteiger partial charge in [-0.25, -0.2) is 0 Å². The summed E-state index contributed by atoms with van der Waals surface area (Å²) < 4.78 is 18.6. The van der Waals surface area contributed by atoms with E-state index in [4.69, 9.17) is 14.2 Å². The molecule has 0 radical (unpaired) electrons. The molecule has 0 amide bonds. The van der Waals surface area contributed by atoms with E-state index in [2.05, 4.69) is 0 Å². The van der Waals surface area contributed by atoms with Crippen molar-refractivity contribution in [1.82, 2.24) is 4.57 Å². The molecule has 0 unspecified atom stereocenters. The number of ether oxygens (including phenoxy) is 3. The summed E-state index contributed by atoms with van der Waals surface area (Å²) in [6.07, 6.45) is 3.22. The molecule has 0 bridgehead atoms. The summed E-state index contributed by atoms with van der Waals surface area (Å²) in [4.78, 5) is 25.5. The Balaban J connectivity index is 2.14. The minimum atomic E-state index is -0.194. The maximum Gasteiger partial charge on any atom is 0.268 e. The molecular formula is C23H23NO5S. The Morgan fingerprint density at radius 3 is 2.27 bits per heavy atom. The van der Waals surface area contributed by atoms with Crippen molar-refractivity contribution in [2.45, 2.75) is 6.92 Å². The molecular weight excluding hydrogens is 402 g/mol. The van der Waals surface area contributed by atoms with E-state index in [0.717, 1.165) is 5.56 Å². The van der Waals surface area contributed by atoms with Gasteiger partial charge in [0.05, 0.1) is 25.9 Å². The highest BCUT2D eigenvalue weighted by atomic mass is 32.1. The van der Waals surface area contributed by atoms with Crippen LogP contribution in [0.25, 0.3) is 12.2 Å². The van der Waals surface area contributed by atoms with Gasteiger partial charge in [0.25, 0.3) is 5.56 Å². The summed E-state index contributed by atoms with van der Waals surface area (Å²) in [6.45, 7) is 1.89. The van der Waals surface area contributed by atoms with Crippen LogP contribution in [0, 0.1) is 6.92 Å². The number of ketones is 1. The number of nitrogens with zero attached hydrogens (tertiary/aromatic N) is 1. The first-order valence-electron chi connectivity index (χ1n) is 9.18. The van der Waals surface area contributed by atoms with E-state index in [1.807, 2.05) is 25.1 Å². The first kappa shape index (κ1) is 21.4. The van der Waals surface area contributed by atoms with Gasteiger partial charge in [-0.2, -0.15) is 0 Å². The lowest BCUT2D eigenvalue weighted by Gasteiger charge is -2.11. The third kappa shape index (κ3) is 4.16. The Morgan fingerprint density at radius 1 is 1.00 bits per heavy atom. The third-order valence-corrected chi connectivity index (χ3v) is 5.86. The molecule has 7 heteroatoms. The van der Waals surface area contributed by atoms with Crippen molar-refractivity contribution in [1.29, 1.82) is 0 Å². The number of hydrogen-bond donors (Lipinski definition) is 0. The molecule has 0 saturated carbocycles. The largest absolute Gasteiger partial charge is 0.496 e. The van der Waals surface area contributed by atoms with Crippen LogP contribution in [0.1, 0.15) is 21.5 Å². The average molecular weight is 426 g/mol. The molecule has 0 fully saturated rings. The summed E-state index contributed by atoms with van der Waals surface area (Å²) in [5.41, 5.74) is 1.99. The monoisotopic (exact) mass is 425 g/mol. The van der Waals surface area contributed by atoms with Gasteiger partial charge >= 0.3 is 0 Å². The summed E-state index contributed by atoms with van der Waals surface area (Å²) in [7, 11) is 6.29. The van der Waals surface area contributed by atoms with Gasteiger partial charge in [-0.3, -0.25) is 9.59 Å². The first-order chi connectivity index (χ1) is 14.4. The molecule has 1 aromatic heterocycles. The fraction of sp³-hybridized carbons (Fsp3) is 0.217. The zero-order chi connectivity index (χ0) is 21.8. The molecule has 1 heterocycles. The van der Waals surface area contributed by atoms with E-state index < -0.39 is 0 Å². The summed E-state index contributed by atoms with van der Waals surface area (Å²) in [5, 5.41) is 0. The van der Waals surface area contributed by atoms with E-state index in [1.54, 1.807) is 52.7 Å².